The molecule has 2 heterocycles. The van der Waals surface area contributed by atoms with Gasteiger partial charge in [0.05, 0.1) is 18.8 Å². The van der Waals surface area contributed by atoms with E-state index in [1.807, 2.05) is 0 Å². The summed E-state index contributed by atoms with van der Waals surface area (Å²) in [5.41, 5.74) is 2.03. The molecule has 0 saturated heterocycles. The second-order valence-corrected chi connectivity index (χ2v) is 8.20. The molecule has 0 atom stereocenters. The van der Waals surface area contributed by atoms with E-state index < -0.39 is 0 Å². The fraction of sp³-hybridized carbons (Fsp3) is 0.455. The van der Waals surface area contributed by atoms with E-state index in [2.05, 4.69) is 24.2 Å². The number of rotatable bonds is 8. The average molecular weight is 417 g/mol. The molecule has 0 unspecified atom stereocenters. The molecule has 0 bridgehead atoms. The number of likely N-dealkylation sites (N-methyl/N-ethyl adjacent to an activating group) is 1. The van der Waals surface area contributed by atoms with E-state index in [1.54, 1.807) is 31.2 Å². The molecule has 1 aliphatic rings. The van der Waals surface area contributed by atoms with Crippen molar-refractivity contribution in [1.29, 1.82) is 0 Å². The van der Waals surface area contributed by atoms with Crippen LogP contribution < -0.4 is 10.1 Å². The van der Waals surface area contributed by atoms with Crippen molar-refractivity contribution in [3.8, 4) is 5.75 Å². The van der Waals surface area contributed by atoms with Crippen LogP contribution in [0.5, 0.6) is 5.75 Å². The molecule has 1 aliphatic heterocycles. The summed E-state index contributed by atoms with van der Waals surface area (Å²) in [6, 6.07) is 7.07. The Morgan fingerprint density at radius 3 is 2.66 bits per heavy atom. The summed E-state index contributed by atoms with van der Waals surface area (Å²) in [7, 11) is 2.05. The van der Waals surface area contributed by atoms with Crippen LogP contribution in [0.25, 0.3) is 0 Å². The zero-order valence-corrected chi connectivity index (χ0v) is 18.1. The van der Waals surface area contributed by atoms with Gasteiger partial charge in [0.15, 0.2) is 0 Å². The molecule has 1 aromatic heterocycles. The molecular formula is C22H28N2O4S. The van der Waals surface area contributed by atoms with E-state index in [1.165, 1.54) is 11.3 Å². The predicted molar refractivity (Wildman–Crippen MR) is 115 cm³/mol. The van der Waals surface area contributed by atoms with Crippen LogP contribution in [-0.2, 0) is 17.7 Å². The molecule has 0 saturated carbocycles. The van der Waals surface area contributed by atoms with Gasteiger partial charge in [-0.3, -0.25) is 4.79 Å². The fourth-order valence-electron chi connectivity index (χ4n) is 3.25. The first-order valence-electron chi connectivity index (χ1n) is 10.1. The Bertz CT molecular complexity index is 860. The molecule has 6 nitrogen and oxygen atoms in total. The summed E-state index contributed by atoms with van der Waals surface area (Å²) >= 11 is 1.46. The van der Waals surface area contributed by atoms with Crippen LogP contribution in [0.15, 0.2) is 24.3 Å². The molecule has 0 radical (unpaired) electrons. The van der Waals surface area contributed by atoms with Gasteiger partial charge in [-0.25, -0.2) is 4.79 Å². The van der Waals surface area contributed by atoms with Gasteiger partial charge in [-0.2, -0.15) is 0 Å². The quantitative estimate of drug-likeness (QED) is 0.512. The standard InChI is InChI=1S/C22H28N2O4S/c1-4-6-13-28-16-9-7-15(8-10-16)20(25)23-21-19(22(26)27-5-2)17-11-12-24(3)14-18(17)29-21/h7-10H,4-6,11-14H2,1-3H3,(H,23,25). The van der Waals surface area contributed by atoms with E-state index in [0.717, 1.165) is 48.5 Å². The van der Waals surface area contributed by atoms with Gasteiger partial charge in [-0.15, -0.1) is 11.3 Å². The van der Waals surface area contributed by atoms with Gasteiger partial charge in [0.1, 0.15) is 10.8 Å². The van der Waals surface area contributed by atoms with E-state index >= 15 is 0 Å². The zero-order chi connectivity index (χ0) is 20.8. The Balaban J connectivity index is 1.78. The van der Waals surface area contributed by atoms with Crippen molar-refractivity contribution in [3.05, 3.63) is 45.8 Å². The summed E-state index contributed by atoms with van der Waals surface area (Å²) in [6.07, 6.45) is 2.84. The van der Waals surface area contributed by atoms with E-state index in [0.29, 0.717) is 29.3 Å². The fourth-order valence-corrected chi connectivity index (χ4v) is 4.56. The smallest absolute Gasteiger partial charge is 0.341 e. The zero-order valence-electron chi connectivity index (χ0n) is 17.2. The molecule has 3 rings (SSSR count). The first-order valence-corrected chi connectivity index (χ1v) is 10.9. The summed E-state index contributed by atoms with van der Waals surface area (Å²) in [5, 5.41) is 3.50. The van der Waals surface area contributed by atoms with Crippen LogP contribution in [0, 0.1) is 0 Å². The van der Waals surface area contributed by atoms with Crippen molar-refractivity contribution in [3.63, 3.8) is 0 Å². The number of benzene rings is 1. The number of carbonyl (C=O) groups is 2. The summed E-state index contributed by atoms with van der Waals surface area (Å²) in [5.74, 6) is 0.129. The number of amides is 1. The molecule has 1 N–H and O–H groups in total. The third kappa shape index (κ3) is 5.16. The number of hydrogen-bond donors (Lipinski definition) is 1. The first kappa shape index (κ1) is 21.3. The summed E-state index contributed by atoms with van der Waals surface area (Å²) < 4.78 is 10.9. The van der Waals surface area contributed by atoms with E-state index in [-0.39, 0.29) is 11.9 Å². The van der Waals surface area contributed by atoms with Gasteiger partial charge >= 0.3 is 5.97 Å². The van der Waals surface area contributed by atoms with Crippen molar-refractivity contribution in [2.75, 3.05) is 32.1 Å². The number of esters is 1. The maximum atomic E-state index is 12.8. The molecule has 156 valence electrons. The van der Waals surface area contributed by atoms with Crippen molar-refractivity contribution in [2.24, 2.45) is 0 Å². The van der Waals surface area contributed by atoms with Crippen molar-refractivity contribution < 1.29 is 19.1 Å². The van der Waals surface area contributed by atoms with E-state index in [4.69, 9.17) is 9.47 Å². The number of thiophene rings is 1. The SMILES string of the molecule is CCCCOc1ccc(C(=O)Nc2sc3c(c2C(=O)OCC)CCN(C)C3)cc1. The average Bonchev–Trinajstić information content (AvgIpc) is 3.05. The van der Waals surface area contributed by atoms with Gasteiger partial charge in [0.25, 0.3) is 5.91 Å². The third-order valence-electron chi connectivity index (χ3n) is 4.84. The molecule has 0 fully saturated rings. The first-order chi connectivity index (χ1) is 14.0. The number of hydrogen-bond acceptors (Lipinski definition) is 6. The van der Waals surface area contributed by atoms with Crippen molar-refractivity contribution in [2.45, 2.75) is 39.7 Å². The molecule has 1 amide bonds. The Morgan fingerprint density at radius 2 is 1.97 bits per heavy atom. The molecule has 0 spiro atoms. The van der Waals surface area contributed by atoms with Crippen LogP contribution >= 0.6 is 11.3 Å². The number of fused-ring (bicyclic) bond motifs is 1. The highest BCUT2D eigenvalue weighted by Crippen LogP contribution is 2.37. The van der Waals surface area contributed by atoms with Crippen LogP contribution in [-0.4, -0.2) is 43.6 Å². The molecule has 1 aromatic carbocycles. The molecule has 29 heavy (non-hydrogen) atoms. The van der Waals surface area contributed by atoms with Gasteiger partial charge in [-0.05, 0) is 56.6 Å². The minimum atomic E-state index is -0.371. The van der Waals surface area contributed by atoms with Gasteiger partial charge < -0.3 is 19.7 Å². The third-order valence-corrected chi connectivity index (χ3v) is 5.97. The Morgan fingerprint density at radius 1 is 1.21 bits per heavy atom. The number of unbranched alkanes of at least 4 members (excludes halogenated alkanes) is 1. The molecule has 0 aliphatic carbocycles. The molecular weight excluding hydrogens is 388 g/mol. The van der Waals surface area contributed by atoms with E-state index in [9.17, 15) is 9.59 Å². The van der Waals surface area contributed by atoms with Crippen LogP contribution in [0.2, 0.25) is 0 Å². The minimum Gasteiger partial charge on any atom is -0.494 e. The number of nitrogens with zero attached hydrogens (tertiary/aromatic N) is 1. The summed E-state index contributed by atoms with van der Waals surface area (Å²) in [4.78, 5) is 28.7. The Kier molecular flexibility index (Phi) is 7.28. The number of carbonyl (C=O) groups excluding carboxylic acids is 2. The highest BCUT2D eigenvalue weighted by atomic mass is 32.1. The lowest BCUT2D eigenvalue weighted by molar-refractivity contribution is 0.0526. The molecule has 2 aromatic rings. The Labute approximate surface area is 175 Å². The number of anilines is 1. The second kappa shape index (κ2) is 9.89. The lowest BCUT2D eigenvalue weighted by Gasteiger charge is -2.22. The highest BCUT2D eigenvalue weighted by Gasteiger charge is 2.28. The van der Waals surface area contributed by atoms with Crippen molar-refractivity contribution in [1.82, 2.24) is 4.90 Å². The lowest BCUT2D eigenvalue weighted by Crippen LogP contribution is -2.26. The number of nitrogens with one attached hydrogen (secondary N) is 1. The lowest BCUT2D eigenvalue weighted by atomic mass is 10.0. The predicted octanol–water partition coefficient (Wildman–Crippen LogP) is 4.34. The highest BCUT2D eigenvalue weighted by molar-refractivity contribution is 7.17. The van der Waals surface area contributed by atoms with Crippen LogP contribution in [0.1, 0.15) is 57.8 Å². The van der Waals surface area contributed by atoms with Crippen molar-refractivity contribution >= 4 is 28.2 Å². The van der Waals surface area contributed by atoms with Crippen LogP contribution in [0.3, 0.4) is 0 Å². The number of ether oxygens (including phenoxy) is 2. The Hall–Kier alpha value is -2.38. The van der Waals surface area contributed by atoms with Gasteiger partial charge in [0.2, 0.25) is 0 Å². The minimum absolute atomic E-state index is 0.248. The van der Waals surface area contributed by atoms with Gasteiger partial charge in [-0.1, -0.05) is 13.3 Å². The second-order valence-electron chi connectivity index (χ2n) is 7.10. The maximum Gasteiger partial charge on any atom is 0.341 e. The molecule has 7 heteroatoms. The normalized spacial score (nSPS) is 13.6. The van der Waals surface area contributed by atoms with Gasteiger partial charge in [0, 0.05) is 23.5 Å². The largest absolute Gasteiger partial charge is 0.494 e. The summed E-state index contributed by atoms with van der Waals surface area (Å²) in [6.45, 7) is 6.51. The van der Waals surface area contributed by atoms with Crippen LogP contribution in [0.4, 0.5) is 5.00 Å². The monoisotopic (exact) mass is 416 g/mol. The maximum absolute atomic E-state index is 12.8. The topological polar surface area (TPSA) is 67.9 Å².